The molecule has 5 nitrogen and oxygen atoms in total. The topological polar surface area (TPSA) is 52.7 Å². The van der Waals surface area contributed by atoms with Crippen LogP contribution in [0, 0.1) is 17.6 Å². The Morgan fingerprint density at radius 3 is 2.25 bits per heavy atom. The number of hydrogen-bond donors (Lipinski definition) is 1. The molecule has 1 atom stereocenters. The highest BCUT2D eigenvalue weighted by Crippen LogP contribution is 2.16. The Balaban J connectivity index is 1.91. The molecule has 2 rings (SSSR count). The fourth-order valence-electron chi connectivity index (χ4n) is 2.69. The van der Waals surface area contributed by atoms with Crippen molar-refractivity contribution in [2.75, 3.05) is 31.5 Å². The molecule has 1 aromatic carbocycles. The van der Waals surface area contributed by atoms with Crippen LogP contribution in [0.4, 0.5) is 14.5 Å². The van der Waals surface area contributed by atoms with Crippen LogP contribution in [0.15, 0.2) is 18.2 Å². The second-order valence-corrected chi connectivity index (χ2v) is 6.31. The third kappa shape index (κ3) is 4.29. The van der Waals surface area contributed by atoms with Crippen LogP contribution in [0.5, 0.6) is 0 Å². The van der Waals surface area contributed by atoms with Crippen LogP contribution in [0.2, 0.25) is 0 Å². The smallest absolute Gasteiger partial charge is 0.241 e. The molecule has 2 amide bonds. The molecular weight excluding hydrogens is 316 g/mol. The molecule has 1 heterocycles. The van der Waals surface area contributed by atoms with Crippen molar-refractivity contribution in [1.29, 1.82) is 0 Å². The van der Waals surface area contributed by atoms with E-state index < -0.39 is 17.7 Å². The SMILES string of the molecule is CC(C)C(=O)N1CCN([C@H](C)C(=O)Nc2ccc(F)cc2F)CC1. The lowest BCUT2D eigenvalue weighted by Gasteiger charge is -2.38. The summed E-state index contributed by atoms with van der Waals surface area (Å²) in [5, 5.41) is 2.48. The van der Waals surface area contributed by atoms with Crippen molar-refractivity contribution >= 4 is 17.5 Å². The first kappa shape index (κ1) is 18.3. The van der Waals surface area contributed by atoms with Crippen LogP contribution in [0.3, 0.4) is 0 Å². The van der Waals surface area contributed by atoms with Gasteiger partial charge in [0, 0.05) is 38.2 Å². The average molecular weight is 339 g/mol. The molecule has 0 saturated carbocycles. The fraction of sp³-hybridized carbons (Fsp3) is 0.529. The summed E-state index contributed by atoms with van der Waals surface area (Å²) in [6.07, 6.45) is 0. The molecule has 0 bridgehead atoms. The zero-order valence-electron chi connectivity index (χ0n) is 14.2. The van der Waals surface area contributed by atoms with E-state index in [0.29, 0.717) is 26.2 Å². The number of carbonyl (C=O) groups excluding carboxylic acids is 2. The fourth-order valence-corrected chi connectivity index (χ4v) is 2.69. The van der Waals surface area contributed by atoms with Gasteiger partial charge in [0.2, 0.25) is 11.8 Å². The summed E-state index contributed by atoms with van der Waals surface area (Å²) in [7, 11) is 0. The number of rotatable bonds is 4. The number of amides is 2. The van der Waals surface area contributed by atoms with E-state index in [1.54, 1.807) is 11.8 Å². The average Bonchev–Trinajstić information content (AvgIpc) is 2.56. The third-order valence-electron chi connectivity index (χ3n) is 4.24. The Labute approximate surface area is 140 Å². The van der Waals surface area contributed by atoms with Crippen molar-refractivity contribution in [1.82, 2.24) is 9.80 Å². The van der Waals surface area contributed by atoms with Gasteiger partial charge in [0.15, 0.2) is 0 Å². The third-order valence-corrected chi connectivity index (χ3v) is 4.24. The largest absolute Gasteiger partial charge is 0.340 e. The normalized spacial score (nSPS) is 17.0. The molecule has 1 aliphatic heterocycles. The summed E-state index contributed by atoms with van der Waals surface area (Å²) < 4.78 is 26.5. The van der Waals surface area contributed by atoms with Crippen molar-refractivity contribution in [3.8, 4) is 0 Å². The summed E-state index contributed by atoms with van der Waals surface area (Å²) in [5.41, 5.74) is -0.0399. The van der Waals surface area contributed by atoms with Gasteiger partial charge in [0.25, 0.3) is 0 Å². The molecule has 1 fully saturated rings. The molecule has 0 aromatic heterocycles. The van der Waals surface area contributed by atoms with Crippen molar-refractivity contribution in [2.45, 2.75) is 26.8 Å². The first-order chi connectivity index (χ1) is 11.3. The van der Waals surface area contributed by atoms with E-state index in [1.165, 1.54) is 6.07 Å². The van der Waals surface area contributed by atoms with Gasteiger partial charge in [-0.25, -0.2) is 8.78 Å². The van der Waals surface area contributed by atoms with Gasteiger partial charge in [0.05, 0.1) is 11.7 Å². The predicted molar refractivity (Wildman–Crippen MR) is 87.4 cm³/mol. The second kappa shape index (κ2) is 7.70. The predicted octanol–water partition coefficient (Wildman–Crippen LogP) is 2.09. The quantitative estimate of drug-likeness (QED) is 0.914. The molecule has 0 unspecified atom stereocenters. The molecule has 0 radical (unpaired) electrons. The zero-order valence-corrected chi connectivity index (χ0v) is 14.2. The van der Waals surface area contributed by atoms with E-state index in [2.05, 4.69) is 5.32 Å². The van der Waals surface area contributed by atoms with Crippen LogP contribution in [0.25, 0.3) is 0 Å². The van der Waals surface area contributed by atoms with E-state index in [1.807, 2.05) is 18.7 Å². The molecule has 1 aromatic rings. The van der Waals surface area contributed by atoms with E-state index in [9.17, 15) is 18.4 Å². The number of halogens is 2. The Morgan fingerprint density at radius 1 is 1.08 bits per heavy atom. The van der Waals surface area contributed by atoms with E-state index in [-0.39, 0.29) is 23.4 Å². The number of benzene rings is 1. The van der Waals surface area contributed by atoms with Gasteiger partial charge in [-0.1, -0.05) is 13.8 Å². The zero-order chi connectivity index (χ0) is 17.9. The molecule has 0 spiro atoms. The lowest BCUT2D eigenvalue weighted by Crippen LogP contribution is -2.54. The van der Waals surface area contributed by atoms with Gasteiger partial charge in [-0.05, 0) is 19.1 Å². The number of nitrogens with one attached hydrogen (secondary N) is 1. The molecule has 7 heteroatoms. The molecule has 0 aliphatic carbocycles. The Hall–Kier alpha value is -2.02. The Kier molecular flexibility index (Phi) is 5.88. The number of hydrogen-bond acceptors (Lipinski definition) is 3. The van der Waals surface area contributed by atoms with Crippen molar-refractivity contribution < 1.29 is 18.4 Å². The first-order valence-electron chi connectivity index (χ1n) is 8.08. The summed E-state index contributed by atoms with van der Waals surface area (Å²) in [5.74, 6) is -1.78. The molecule has 24 heavy (non-hydrogen) atoms. The Morgan fingerprint density at radius 2 is 1.71 bits per heavy atom. The van der Waals surface area contributed by atoms with Crippen LogP contribution < -0.4 is 5.32 Å². The highest BCUT2D eigenvalue weighted by Gasteiger charge is 2.28. The molecule has 1 aliphatic rings. The van der Waals surface area contributed by atoms with Gasteiger partial charge in [0.1, 0.15) is 11.6 Å². The maximum absolute atomic E-state index is 13.6. The van der Waals surface area contributed by atoms with Crippen LogP contribution >= 0.6 is 0 Å². The van der Waals surface area contributed by atoms with Gasteiger partial charge in [-0.15, -0.1) is 0 Å². The number of piperazine rings is 1. The molecular formula is C17H23F2N3O2. The second-order valence-electron chi connectivity index (χ2n) is 6.31. The van der Waals surface area contributed by atoms with Crippen LogP contribution in [-0.4, -0.2) is 53.8 Å². The van der Waals surface area contributed by atoms with Crippen molar-refractivity contribution in [2.24, 2.45) is 5.92 Å². The number of anilines is 1. The van der Waals surface area contributed by atoms with E-state index >= 15 is 0 Å². The van der Waals surface area contributed by atoms with E-state index in [4.69, 9.17) is 0 Å². The standard InChI is InChI=1S/C17H23F2N3O2/c1-11(2)17(24)22-8-6-21(7-9-22)12(3)16(23)20-15-5-4-13(18)10-14(15)19/h4-5,10-12H,6-9H2,1-3H3,(H,20,23)/t12-/m1/s1. The lowest BCUT2D eigenvalue weighted by molar-refractivity contribution is -0.136. The van der Waals surface area contributed by atoms with Gasteiger partial charge >= 0.3 is 0 Å². The van der Waals surface area contributed by atoms with E-state index in [0.717, 1.165) is 12.1 Å². The van der Waals surface area contributed by atoms with Crippen LogP contribution in [0.1, 0.15) is 20.8 Å². The highest BCUT2D eigenvalue weighted by molar-refractivity contribution is 5.94. The minimum atomic E-state index is -0.803. The minimum absolute atomic E-state index is 0.0399. The molecule has 1 saturated heterocycles. The van der Waals surface area contributed by atoms with Crippen molar-refractivity contribution in [3.05, 3.63) is 29.8 Å². The Bertz CT molecular complexity index is 614. The maximum Gasteiger partial charge on any atom is 0.241 e. The van der Waals surface area contributed by atoms with Gasteiger partial charge in [-0.2, -0.15) is 0 Å². The minimum Gasteiger partial charge on any atom is -0.340 e. The maximum atomic E-state index is 13.6. The number of nitrogens with zero attached hydrogens (tertiary/aromatic N) is 2. The number of carbonyl (C=O) groups is 2. The summed E-state index contributed by atoms with van der Waals surface area (Å²) >= 11 is 0. The summed E-state index contributed by atoms with van der Waals surface area (Å²) in [6.45, 7) is 7.76. The van der Waals surface area contributed by atoms with Crippen LogP contribution in [-0.2, 0) is 9.59 Å². The lowest BCUT2D eigenvalue weighted by atomic mass is 10.1. The van der Waals surface area contributed by atoms with Crippen molar-refractivity contribution in [3.63, 3.8) is 0 Å². The summed E-state index contributed by atoms with van der Waals surface area (Å²) in [4.78, 5) is 28.0. The molecule has 132 valence electrons. The highest BCUT2D eigenvalue weighted by atomic mass is 19.1. The molecule has 1 N–H and O–H groups in total. The monoisotopic (exact) mass is 339 g/mol. The van der Waals surface area contributed by atoms with Gasteiger partial charge < -0.3 is 10.2 Å². The summed E-state index contributed by atoms with van der Waals surface area (Å²) in [6, 6.07) is 2.57. The first-order valence-corrected chi connectivity index (χ1v) is 8.08. The van der Waals surface area contributed by atoms with Gasteiger partial charge in [-0.3, -0.25) is 14.5 Å².